The number of aryl methyl sites for hydroxylation is 1. The fourth-order valence-electron chi connectivity index (χ4n) is 1.25. The van der Waals surface area contributed by atoms with Crippen molar-refractivity contribution < 1.29 is 0 Å². The van der Waals surface area contributed by atoms with Crippen LogP contribution in [0.3, 0.4) is 0 Å². The van der Waals surface area contributed by atoms with E-state index in [2.05, 4.69) is 21.8 Å². The average molecular weight is 167 g/mol. The van der Waals surface area contributed by atoms with Crippen molar-refractivity contribution in [3.05, 3.63) is 18.2 Å². The van der Waals surface area contributed by atoms with E-state index in [9.17, 15) is 0 Å². The number of hydrogen-bond acceptors (Lipinski definition) is 2. The summed E-state index contributed by atoms with van der Waals surface area (Å²) in [6, 6.07) is 0. The summed E-state index contributed by atoms with van der Waals surface area (Å²) in [6.45, 7) is 4.29. The smallest absolute Gasteiger partial charge is 0.0948 e. The Morgan fingerprint density at radius 2 is 2.42 bits per heavy atom. The zero-order chi connectivity index (χ0) is 8.81. The van der Waals surface area contributed by atoms with Gasteiger partial charge in [0.25, 0.3) is 0 Å². The van der Waals surface area contributed by atoms with Crippen LogP contribution in [0.5, 0.6) is 0 Å². The SMILES string of the molecule is CCCn1cncc1CCNC. The van der Waals surface area contributed by atoms with Gasteiger partial charge in [-0.2, -0.15) is 0 Å². The first kappa shape index (κ1) is 9.26. The van der Waals surface area contributed by atoms with Crippen molar-refractivity contribution in [2.75, 3.05) is 13.6 Å². The molecule has 0 aromatic carbocycles. The zero-order valence-corrected chi connectivity index (χ0v) is 7.88. The van der Waals surface area contributed by atoms with Crippen LogP contribution in [-0.4, -0.2) is 23.1 Å². The van der Waals surface area contributed by atoms with Crippen LogP contribution in [0.2, 0.25) is 0 Å². The lowest BCUT2D eigenvalue weighted by Crippen LogP contribution is -2.13. The highest BCUT2D eigenvalue weighted by Crippen LogP contribution is 2.00. The van der Waals surface area contributed by atoms with Gasteiger partial charge in [0, 0.05) is 31.4 Å². The van der Waals surface area contributed by atoms with E-state index in [1.54, 1.807) is 0 Å². The Morgan fingerprint density at radius 3 is 3.08 bits per heavy atom. The Kier molecular flexibility index (Phi) is 3.80. The van der Waals surface area contributed by atoms with E-state index in [4.69, 9.17) is 0 Å². The molecule has 0 saturated heterocycles. The van der Waals surface area contributed by atoms with Gasteiger partial charge in [-0.3, -0.25) is 0 Å². The summed E-state index contributed by atoms with van der Waals surface area (Å²) in [5.41, 5.74) is 1.33. The van der Waals surface area contributed by atoms with Crippen molar-refractivity contribution in [2.45, 2.75) is 26.3 Å². The van der Waals surface area contributed by atoms with Gasteiger partial charge in [-0.25, -0.2) is 4.98 Å². The molecule has 0 aliphatic carbocycles. The van der Waals surface area contributed by atoms with E-state index < -0.39 is 0 Å². The highest BCUT2D eigenvalue weighted by molar-refractivity contribution is 4.98. The number of rotatable bonds is 5. The second kappa shape index (κ2) is 4.93. The van der Waals surface area contributed by atoms with Crippen molar-refractivity contribution in [2.24, 2.45) is 0 Å². The molecule has 0 unspecified atom stereocenters. The van der Waals surface area contributed by atoms with Gasteiger partial charge in [-0.15, -0.1) is 0 Å². The van der Waals surface area contributed by atoms with Gasteiger partial charge in [0.15, 0.2) is 0 Å². The van der Waals surface area contributed by atoms with Gasteiger partial charge in [0.05, 0.1) is 6.33 Å². The van der Waals surface area contributed by atoms with Crippen LogP contribution >= 0.6 is 0 Å². The van der Waals surface area contributed by atoms with Gasteiger partial charge >= 0.3 is 0 Å². The van der Waals surface area contributed by atoms with Crippen LogP contribution in [0.1, 0.15) is 19.0 Å². The molecule has 3 nitrogen and oxygen atoms in total. The minimum Gasteiger partial charge on any atom is -0.335 e. The van der Waals surface area contributed by atoms with Crippen LogP contribution in [0.25, 0.3) is 0 Å². The Morgan fingerprint density at radius 1 is 1.58 bits per heavy atom. The Hall–Kier alpha value is -0.830. The first-order chi connectivity index (χ1) is 5.88. The number of nitrogens with zero attached hydrogens (tertiary/aromatic N) is 2. The summed E-state index contributed by atoms with van der Waals surface area (Å²) in [5, 5.41) is 3.13. The molecule has 1 aromatic rings. The summed E-state index contributed by atoms with van der Waals surface area (Å²) in [7, 11) is 1.97. The molecule has 0 radical (unpaired) electrons. The van der Waals surface area contributed by atoms with Gasteiger partial charge in [0.1, 0.15) is 0 Å². The predicted molar refractivity (Wildman–Crippen MR) is 50.1 cm³/mol. The lowest BCUT2D eigenvalue weighted by molar-refractivity contribution is 0.634. The van der Waals surface area contributed by atoms with E-state index in [0.29, 0.717) is 0 Å². The molecule has 1 N–H and O–H groups in total. The zero-order valence-electron chi connectivity index (χ0n) is 7.88. The molecule has 0 aliphatic heterocycles. The number of hydrogen-bond donors (Lipinski definition) is 1. The highest BCUT2D eigenvalue weighted by atomic mass is 15.0. The third kappa shape index (κ3) is 2.34. The summed E-state index contributed by atoms with van der Waals surface area (Å²) in [6.07, 6.45) is 6.10. The monoisotopic (exact) mass is 167 g/mol. The van der Waals surface area contributed by atoms with Crippen LogP contribution in [0.15, 0.2) is 12.5 Å². The number of nitrogens with one attached hydrogen (secondary N) is 1. The average Bonchev–Trinajstić information content (AvgIpc) is 2.50. The standard InChI is InChI=1S/C9H17N3/c1-3-6-12-8-11-7-9(12)4-5-10-2/h7-8,10H,3-6H2,1-2H3. The Bertz CT molecular complexity index is 217. The fourth-order valence-corrected chi connectivity index (χ4v) is 1.25. The molecule has 0 saturated carbocycles. The molecule has 12 heavy (non-hydrogen) atoms. The van der Waals surface area contributed by atoms with Gasteiger partial charge in [-0.05, 0) is 13.5 Å². The molecule has 1 rings (SSSR count). The summed E-state index contributed by atoms with van der Waals surface area (Å²) in [4.78, 5) is 4.13. The van der Waals surface area contributed by atoms with Crippen molar-refractivity contribution in [1.82, 2.24) is 14.9 Å². The fraction of sp³-hybridized carbons (Fsp3) is 0.667. The first-order valence-corrected chi connectivity index (χ1v) is 4.52. The molecule has 0 atom stereocenters. The molecular weight excluding hydrogens is 150 g/mol. The van der Waals surface area contributed by atoms with E-state index in [1.165, 1.54) is 12.1 Å². The Balaban J connectivity index is 2.51. The second-order valence-corrected chi connectivity index (χ2v) is 2.93. The Labute approximate surface area is 73.8 Å². The summed E-state index contributed by atoms with van der Waals surface area (Å²) < 4.78 is 2.22. The van der Waals surface area contributed by atoms with Gasteiger partial charge in [0.2, 0.25) is 0 Å². The van der Waals surface area contributed by atoms with Crippen molar-refractivity contribution in [3.63, 3.8) is 0 Å². The van der Waals surface area contributed by atoms with E-state index >= 15 is 0 Å². The van der Waals surface area contributed by atoms with Crippen molar-refractivity contribution in [1.29, 1.82) is 0 Å². The van der Waals surface area contributed by atoms with Crippen molar-refractivity contribution >= 4 is 0 Å². The molecule has 0 fully saturated rings. The molecule has 0 spiro atoms. The van der Waals surface area contributed by atoms with Gasteiger partial charge in [-0.1, -0.05) is 6.92 Å². The maximum atomic E-state index is 4.13. The lowest BCUT2D eigenvalue weighted by Gasteiger charge is -2.05. The minimum atomic E-state index is 1.02. The highest BCUT2D eigenvalue weighted by Gasteiger charge is 1.98. The first-order valence-electron chi connectivity index (χ1n) is 4.52. The molecule has 0 bridgehead atoms. The molecule has 3 heteroatoms. The lowest BCUT2D eigenvalue weighted by atomic mass is 10.3. The molecule has 68 valence electrons. The quantitative estimate of drug-likeness (QED) is 0.710. The number of aromatic nitrogens is 2. The molecule has 1 heterocycles. The maximum Gasteiger partial charge on any atom is 0.0948 e. The van der Waals surface area contributed by atoms with Gasteiger partial charge < -0.3 is 9.88 Å². The maximum absolute atomic E-state index is 4.13. The second-order valence-electron chi connectivity index (χ2n) is 2.93. The molecule has 0 aliphatic rings. The summed E-state index contributed by atoms with van der Waals surface area (Å²) in [5.74, 6) is 0. The number of imidazole rings is 1. The van der Waals surface area contributed by atoms with E-state index in [-0.39, 0.29) is 0 Å². The minimum absolute atomic E-state index is 1.02. The molecule has 0 amide bonds. The van der Waals surface area contributed by atoms with E-state index in [1.807, 2.05) is 19.6 Å². The van der Waals surface area contributed by atoms with Crippen LogP contribution in [0, 0.1) is 0 Å². The number of likely N-dealkylation sites (N-methyl/N-ethyl adjacent to an activating group) is 1. The third-order valence-corrected chi connectivity index (χ3v) is 1.89. The summed E-state index contributed by atoms with van der Waals surface area (Å²) >= 11 is 0. The topological polar surface area (TPSA) is 29.9 Å². The molecular formula is C9H17N3. The predicted octanol–water partition coefficient (Wildman–Crippen LogP) is 1.05. The van der Waals surface area contributed by atoms with Crippen LogP contribution < -0.4 is 5.32 Å². The van der Waals surface area contributed by atoms with E-state index in [0.717, 1.165) is 19.5 Å². The van der Waals surface area contributed by atoms with Crippen LogP contribution in [0.4, 0.5) is 0 Å². The third-order valence-electron chi connectivity index (χ3n) is 1.89. The van der Waals surface area contributed by atoms with Crippen LogP contribution in [-0.2, 0) is 13.0 Å². The largest absolute Gasteiger partial charge is 0.335 e. The normalized spacial score (nSPS) is 10.5. The molecule has 1 aromatic heterocycles. The van der Waals surface area contributed by atoms with Crippen molar-refractivity contribution in [3.8, 4) is 0 Å².